The number of rotatable bonds is 9. The number of carbonyl (C=O) groups excluding carboxylic acids is 1. The number of hydrazone groups is 1. The summed E-state index contributed by atoms with van der Waals surface area (Å²) in [4.78, 5) is 23.5. The van der Waals surface area contributed by atoms with Crippen molar-refractivity contribution in [2.24, 2.45) is 5.10 Å². The van der Waals surface area contributed by atoms with E-state index in [4.69, 9.17) is 14.6 Å². The minimum atomic E-state index is -0.974. The number of aromatic carboxylic acids is 1. The van der Waals surface area contributed by atoms with E-state index in [-0.39, 0.29) is 18.1 Å². The molecule has 1 aromatic heterocycles. The molecule has 0 unspecified atom stereocenters. The first-order valence-electron chi connectivity index (χ1n) is 11.6. The zero-order valence-corrected chi connectivity index (χ0v) is 20.8. The van der Waals surface area contributed by atoms with Gasteiger partial charge in [0.25, 0.3) is 5.91 Å². The SMILES string of the molecule is COc1cc(/C=N\NC(=O)c2ccc(-n3c(C)ccc3C)cc2)ccc1OCc1ccc(C(=O)O)cc1. The molecule has 0 radical (unpaired) electrons. The number of carboxylic acids is 1. The molecule has 37 heavy (non-hydrogen) atoms. The van der Waals surface area contributed by atoms with Gasteiger partial charge in [-0.15, -0.1) is 0 Å². The van der Waals surface area contributed by atoms with Crippen molar-refractivity contribution in [3.05, 3.63) is 113 Å². The maximum atomic E-state index is 12.5. The predicted molar refractivity (Wildman–Crippen MR) is 141 cm³/mol. The highest BCUT2D eigenvalue weighted by atomic mass is 16.5. The minimum Gasteiger partial charge on any atom is -0.493 e. The molecule has 188 valence electrons. The molecule has 0 saturated carbocycles. The van der Waals surface area contributed by atoms with Crippen LogP contribution >= 0.6 is 0 Å². The van der Waals surface area contributed by atoms with Gasteiger partial charge in [-0.3, -0.25) is 4.79 Å². The summed E-state index contributed by atoms with van der Waals surface area (Å²) in [6.07, 6.45) is 1.52. The van der Waals surface area contributed by atoms with E-state index in [2.05, 4.69) is 27.2 Å². The van der Waals surface area contributed by atoms with Gasteiger partial charge in [-0.1, -0.05) is 12.1 Å². The van der Waals surface area contributed by atoms with Crippen LogP contribution in [0.2, 0.25) is 0 Å². The van der Waals surface area contributed by atoms with Crippen LogP contribution in [0.15, 0.2) is 84.0 Å². The van der Waals surface area contributed by atoms with E-state index in [1.165, 1.54) is 25.5 Å². The van der Waals surface area contributed by atoms with Crippen molar-refractivity contribution < 1.29 is 24.2 Å². The Morgan fingerprint density at radius 2 is 1.54 bits per heavy atom. The third-order valence-electron chi connectivity index (χ3n) is 5.82. The molecule has 0 aliphatic carbocycles. The Hall–Kier alpha value is -4.85. The number of nitrogens with zero attached hydrogens (tertiary/aromatic N) is 2. The van der Waals surface area contributed by atoms with E-state index in [9.17, 15) is 9.59 Å². The average molecular weight is 498 g/mol. The molecular formula is C29H27N3O5. The molecule has 2 N–H and O–H groups in total. The maximum Gasteiger partial charge on any atom is 0.335 e. The molecule has 1 heterocycles. The van der Waals surface area contributed by atoms with E-state index >= 15 is 0 Å². The summed E-state index contributed by atoms with van der Waals surface area (Å²) in [5.41, 5.74) is 8.05. The molecule has 8 heteroatoms. The van der Waals surface area contributed by atoms with E-state index in [0.717, 1.165) is 22.6 Å². The van der Waals surface area contributed by atoms with Gasteiger partial charge in [-0.05, 0) is 91.7 Å². The van der Waals surface area contributed by atoms with E-state index in [1.54, 1.807) is 42.5 Å². The molecule has 0 aliphatic heterocycles. The molecule has 4 rings (SSSR count). The number of carboxylic acid groups (broad SMARTS) is 1. The van der Waals surface area contributed by atoms with Crippen LogP contribution in [-0.4, -0.2) is 34.9 Å². The lowest BCUT2D eigenvalue weighted by molar-refractivity contribution is 0.0696. The van der Waals surface area contributed by atoms with Crippen molar-refractivity contribution in [3.63, 3.8) is 0 Å². The van der Waals surface area contributed by atoms with Crippen molar-refractivity contribution in [2.45, 2.75) is 20.5 Å². The summed E-state index contributed by atoms with van der Waals surface area (Å²) in [5, 5.41) is 13.1. The van der Waals surface area contributed by atoms with Gasteiger partial charge < -0.3 is 19.1 Å². The highest BCUT2D eigenvalue weighted by Crippen LogP contribution is 2.28. The van der Waals surface area contributed by atoms with Crippen LogP contribution < -0.4 is 14.9 Å². The fourth-order valence-corrected chi connectivity index (χ4v) is 3.86. The Bertz CT molecular complexity index is 1420. The van der Waals surface area contributed by atoms with Gasteiger partial charge in [-0.2, -0.15) is 5.10 Å². The monoisotopic (exact) mass is 497 g/mol. The smallest absolute Gasteiger partial charge is 0.335 e. The molecule has 0 bridgehead atoms. The fraction of sp³-hybridized carbons (Fsp3) is 0.138. The Labute approximate surface area is 214 Å². The number of benzene rings is 3. The van der Waals surface area contributed by atoms with Gasteiger partial charge in [0.05, 0.1) is 18.9 Å². The second kappa shape index (κ2) is 11.3. The average Bonchev–Trinajstić information content (AvgIpc) is 3.25. The van der Waals surface area contributed by atoms with E-state index in [1.807, 2.05) is 26.0 Å². The quantitative estimate of drug-likeness (QED) is 0.246. The van der Waals surface area contributed by atoms with Gasteiger partial charge in [0.1, 0.15) is 6.61 Å². The van der Waals surface area contributed by atoms with Gasteiger partial charge >= 0.3 is 5.97 Å². The predicted octanol–water partition coefficient (Wildman–Crippen LogP) is 5.14. The van der Waals surface area contributed by atoms with Crippen molar-refractivity contribution in [3.8, 4) is 17.2 Å². The summed E-state index contributed by atoms with van der Waals surface area (Å²) >= 11 is 0. The van der Waals surface area contributed by atoms with Gasteiger partial charge in [0, 0.05) is 22.6 Å². The number of hydrogen-bond donors (Lipinski definition) is 2. The number of methoxy groups -OCH3 is 1. The van der Waals surface area contributed by atoms with Crippen LogP contribution in [0.1, 0.15) is 43.2 Å². The first-order chi connectivity index (χ1) is 17.9. The summed E-state index contributed by atoms with van der Waals surface area (Å²) < 4.78 is 13.4. The highest BCUT2D eigenvalue weighted by Gasteiger charge is 2.09. The molecule has 1 amide bonds. The molecule has 0 spiro atoms. The van der Waals surface area contributed by atoms with Crippen LogP contribution in [0.5, 0.6) is 11.5 Å². The number of hydrogen-bond acceptors (Lipinski definition) is 5. The summed E-state index contributed by atoms with van der Waals surface area (Å²) in [6, 6.07) is 23.2. The largest absolute Gasteiger partial charge is 0.493 e. The Morgan fingerprint density at radius 1 is 0.892 bits per heavy atom. The van der Waals surface area contributed by atoms with Gasteiger partial charge in [0.2, 0.25) is 0 Å². The zero-order chi connectivity index (χ0) is 26.4. The van der Waals surface area contributed by atoms with Crippen LogP contribution in [0.25, 0.3) is 5.69 Å². The number of ether oxygens (including phenoxy) is 2. The number of carbonyl (C=O) groups is 2. The lowest BCUT2D eigenvalue weighted by Gasteiger charge is -2.11. The third kappa shape index (κ3) is 6.05. The van der Waals surface area contributed by atoms with Gasteiger partial charge in [0.15, 0.2) is 11.5 Å². The fourth-order valence-electron chi connectivity index (χ4n) is 3.86. The number of aryl methyl sites for hydroxylation is 2. The molecule has 4 aromatic rings. The van der Waals surface area contributed by atoms with Crippen molar-refractivity contribution in [1.29, 1.82) is 0 Å². The van der Waals surface area contributed by atoms with Crippen molar-refractivity contribution in [2.75, 3.05) is 7.11 Å². The third-order valence-corrected chi connectivity index (χ3v) is 5.82. The second-order valence-corrected chi connectivity index (χ2v) is 8.40. The molecule has 0 aliphatic rings. The maximum absolute atomic E-state index is 12.5. The first kappa shape index (κ1) is 25.2. The lowest BCUT2D eigenvalue weighted by atomic mass is 10.1. The number of amides is 1. The molecule has 3 aromatic carbocycles. The summed E-state index contributed by atoms with van der Waals surface area (Å²) in [6.45, 7) is 4.33. The van der Waals surface area contributed by atoms with E-state index in [0.29, 0.717) is 22.6 Å². The summed E-state index contributed by atoms with van der Waals surface area (Å²) in [7, 11) is 1.53. The Balaban J connectivity index is 1.36. The molecular weight excluding hydrogens is 470 g/mol. The van der Waals surface area contributed by atoms with E-state index < -0.39 is 5.97 Å². The topological polar surface area (TPSA) is 102 Å². The van der Waals surface area contributed by atoms with Crippen LogP contribution in [0.3, 0.4) is 0 Å². The first-order valence-corrected chi connectivity index (χ1v) is 11.6. The second-order valence-electron chi connectivity index (χ2n) is 8.40. The zero-order valence-electron chi connectivity index (χ0n) is 20.8. The Morgan fingerprint density at radius 3 is 2.16 bits per heavy atom. The molecule has 8 nitrogen and oxygen atoms in total. The summed E-state index contributed by atoms with van der Waals surface area (Å²) in [5.74, 6) is -0.258. The van der Waals surface area contributed by atoms with Crippen LogP contribution in [-0.2, 0) is 6.61 Å². The number of aromatic nitrogens is 1. The Kier molecular flexibility index (Phi) is 7.68. The highest BCUT2D eigenvalue weighted by molar-refractivity contribution is 5.95. The van der Waals surface area contributed by atoms with Gasteiger partial charge in [-0.25, -0.2) is 10.2 Å². The molecule has 0 saturated heterocycles. The van der Waals surface area contributed by atoms with Crippen molar-refractivity contribution >= 4 is 18.1 Å². The molecule has 0 atom stereocenters. The van der Waals surface area contributed by atoms with Crippen molar-refractivity contribution in [1.82, 2.24) is 9.99 Å². The molecule has 0 fully saturated rings. The van der Waals surface area contributed by atoms with Crippen LogP contribution in [0, 0.1) is 13.8 Å². The lowest BCUT2D eigenvalue weighted by Crippen LogP contribution is -2.17. The normalized spacial score (nSPS) is 10.9. The minimum absolute atomic E-state index is 0.219. The van der Waals surface area contributed by atoms with Crippen LogP contribution in [0.4, 0.5) is 0 Å². The standard InChI is InChI=1S/C29H27N3O5/c1-19-4-5-20(2)32(19)25-13-11-23(12-14-25)28(33)31-30-17-22-8-15-26(27(16-22)36-3)37-18-21-6-9-24(10-7-21)29(34)35/h4-17H,18H2,1-3H3,(H,31,33)(H,34,35)/b30-17-. The number of nitrogens with one attached hydrogen (secondary N) is 1.